The Bertz CT molecular complexity index is 1720. The lowest BCUT2D eigenvalue weighted by Crippen LogP contribution is -2.39. The van der Waals surface area contributed by atoms with Gasteiger partial charge in [-0.1, -0.05) is 18.2 Å². The van der Waals surface area contributed by atoms with Gasteiger partial charge in [0.1, 0.15) is 23.3 Å². The molecule has 1 aliphatic rings. The number of H-pyrrole nitrogens is 2. The van der Waals surface area contributed by atoms with E-state index in [1.165, 1.54) is 12.1 Å². The van der Waals surface area contributed by atoms with Crippen molar-refractivity contribution in [2.24, 2.45) is 0 Å². The smallest absolute Gasteiger partial charge is 0.497 e. The van der Waals surface area contributed by atoms with Crippen LogP contribution >= 0.6 is 0 Å². The molecule has 0 saturated heterocycles. The molecule has 0 saturated carbocycles. The lowest BCUT2D eigenvalue weighted by atomic mass is 9.91. The van der Waals surface area contributed by atoms with Gasteiger partial charge in [-0.2, -0.15) is 0 Å². The third-order valence-electron chi connectivity index (χ3n) is 7.41. The van der Waals surface area contributed by atoms with Crippen molar-refractivity contribution in [2.45, 2.75) is 25.4 Å². The van der Waals surface area contributed by atoms with Crippen molar-refractivity contribution in [1.29, 1.82) is 0 Å². The Balaban J connectivity index is 1.47. The topological polar surface area (TPSA) is 79.6 Å². The highest BCUT2D eigenvalue weighted by atomic mass is 19.4. The molecule has 3 heterocycles. The molecule has 40 heavy (non-hydrogen) atoms. The van der Waals surface area contributed by atoms with Crippen LogP contribution in [0, 0.1) is 0 Å². The number of ether oxygens (including phenoxy) is 3. The van der Waals surface area contributed by atoms with E-state index in [2.05, 4.69) is 14.7 Å². The molecule has 0 amide bonds. The number of para-hydroxylation sites is 1. The van der Waals surface area contributed by atoms with Crippen molar-refractivity contribution in [3.63, 3.8) is 0 Å². The summed E-state index contributed by atoms with van der Waals surface area (Å²) < 4.78 is 54.6. The number of ketones is 1. The number of methoxy groups -OCH3 is 2. The van der Waals surface area contributed by atoms with E-state index >= 15 is 0 Å². The maximum atomic E-state index is 14.4. The molecule has 0 aliphatic carbocycles. The average Bonchev–Trinajstić information content (AvgIpc) is 3.53. The molecule has 6 rings (SSSR count). The predicted octanol–water partition coefficient (Wildman–Crippen LogP) is 6.55. The van der Waals surface area contributed by atoms with Crippen LogP contribution in [0.3, 0.4) is 0 Å². The van der Waals surface area contributed by atoms with Crippen LogP contribution in [-0.2, 0) is 13.0 Å². The molecule has 1 aliphatic heterocycles. The Morgan fingerprint density at radius 1 is 0.975 bits per heavy atom. The number of carbonyl (C=O) groups is 1. The van der Waals surface area contributed by atoms with E-state index in [-0.39, 0.29) is 18.1 Å². The van der Waals surface area contributed by atoms with Crippen molar-refractivity contribution in [1.82, 2.24) is 14.9 Å². The molecule has 3 aromatic carbocycles. The number of aromatic nitrogens is 2. The third-order valence-corrected chi connectivity index (χ3v) is 7.41. The Hall–Kier alpha value is -4.44. The summed E-state index contributed by atoms with van der Waals surface area (Å²) >= 11 is 0. The maximum Gasteiger partial charge on any atom is 0.573 e. The zero-order chi connectivity index (χ0) is 28.0. The van der Waals surface area contributed by atoms with Crippen LogP contribution in [0.1, 0.15) is 33.2 Å². The van der Waals surface area contributed by atoms with Crippen LogP contribution < -0.4 is 14.2 Å². The van der Waals surface area contributed by atoms with Crippen molar-refractivity contribution in [3.05, 3.63) is 89.2 Å². The summed E-state index contributed by atoms with van der Waals surface area (Å²) in [5.41, 5.74) is 4.13. The molecule has 0 spiro atoms. The summed E-state index contributed by atoms with van der Waals surface area (Å²) in [5.74, 6) is 0.832. The second kappa shape index (κ2) is 9.95. The number of rotatable bonds is 7. The molecule has 5 aromatic rings. The first kappa shape index (κ1) is 25.8. The molecule has 0 fully saturated rings. The fraction of sp³-hybridized carbons (Fsp3) is 0.233. The Labute approximate surface area is 227 Å². The molecule has 2 N–H and O–H groups in total. The lowest BCUT2D eigenvalue weighted by Gasteiger charge is -2.35. The monoisotopic (exact) mass is 549 g/mol. The molecule has 10 heteroatoms. The van der Waals surface area contributed by atoms with E-state index in [0.29, 0.717) is 46.7 Å². The normalized spacial score (nSPS) is 15.8. The fourth-order valence-electron chi connectivity index (χ4n) is 5.57. The van der Waals surface area contributed by atoms with Crippen LogP contribution in [0.2, 0.25) is 0 Å². The Morgan fingerprint density at radius 2 is 1.68 bits per heavy atom. The second-order valence-electron chi connectivity index (χ2n) is 9.69. The summed E-state index contributed by atoms with van der Waals surface area (Å²) in [6.45, 7) is 0.520. The first-order valence-electron chi connectivity index (χ1n) is 12.7. The zero-order valence-corrected chi connectivity index (χ0v) is 21.8. The van der Waals surface area contributed by atoms with E-state index in [1.54, 1.807) is 44.7 Å². The van der Waals surface area contributed by atoms with E-state index < -0.39 is 12.4 Å². The summed E-state index contributed by atoms with van der Waals surface area (Å²) in [5, 5.41) is 1.66. The zero-order valence-electron chi connectivity index (χ0n) is 21.8. The number of alkyl halides is 3. The van der Waals surface area contributed by atoms with Gasteiger partial charge >= 0.3 is 6.36 Å². The van der Waals surface area contributed by atoms with E-state index in [1.807, 2.05) is 29.2 Å². The van der Waals surface area contributed by atoms with Gasteiger partial charge in [0.2, 0.25) is 0 Å². The molecular formula is C30H26F3N3O4. The summed E-state index contributed by atoms with van der Waals surface area (Å²) in [6.07, 6.45) is -2.57. The first-order valence-corrected chi connectivity index (χ1v) is 12.7. The van der Waals surface area contributed by atoms with Crippen LogP contribution in [0.25, 0.3) is 21.8 Å². The standard InChI is InChI=1S/C30H26F3N3O4/c1-38-18-7-9-24-22(14-18)23(15-34-24)29(37)28-27-20(21-13-19(39-2)8-10-25(21)35-27)11-12-36(28)16-17-5-3-4-6-26(17)40-30(31,32)33/h3-10,13-15,28,34-35H,11-12,16H2,1-2H3. The fourth-order valence-corrected chi connectivity index (χ4v) is 5.57. The third kappa shape index (κ3) is 4.64. The maximum absolute atomic E-state index is 14.4. The number of carbonyl (C=O) groups excluding carboxylic acids is 1. The summed E-state index contributed by atoms with van der Waals surface area (Å²) in [7, 11) is 3.16. The van der Waals surface area contributed by atoms with Gasteiger partial charge in [-0.3, -0.25) is 9.69 Å². The van der Waals surface area contributed by atoms with Gasteiger partial charge in [0.05, 0.1) is 14.2 Å². The number of hydrogen-bond acceptors (Lipinski definition) is 5. The van der Waals surface area contributed by atoms with E-state index in [0.717, 1.165) is 22.0 Å². The minimum absolute atomic E-state index is 0.0759. The largest absolute Gasteiger partial charge is 0.573 e. The number of hydrogen-bond donors (Lipinski definition) is 2. The number of benzene rings is 3. The molecular weight excluding hydrogens is 523 g/mol. The van der Waals surface area contributed by atoms with Gasteiger partial charge < -0.3 is 24.2 Å². The minimum atomic E-state index is -4.83. The number of aromatic amines is 2. The van der Waals surface area contributed by atoms with Crippen molar-refractivity contribution in [3.8, 4) is 17.2 Å². The lowest BCUT2D eigenvalue weighted by molar-refractivity contribution is -0.275. The molecule has 1 unspecified atom stereocenters. The minimum Gasteiger partial charge on any atom is -0.497 e. The molecule has 1 atom stereocenters. The highest BCUT2D eigenvalue weighted by Crippen LogP contribution is 2.40. The number of nitrogens with one attached hydrogen (secondary N) is 2. The predicted molar refractivity (Wildman–Crippen MR) is 144 cm³/mol. The van der Waals surface area contributed by atoms with Crippen LogP contribution in [0.4, 0.5) is 13.2 Å². The van der Waals surface area contributed by atoms with E-state index in [9.17, 15) is 18.0 Å². The summed E-state index contributed by atoms with van der Waals surface area (Å²) in [6, 6.07) is 16.4. The number of fused-ring (bicyclic) bond motifs is 4. The van der Waals surface area contributed by atoms with Gasteiger partial charge in [0.25, 0.3) is 0 Å². The van der Waals surface area contributed by atoms with Gasteiger partial charge in [0, 0.05) is 57.9 Å². The Morgan fingerprint density at radius 3 is 2.40 bits per heavy atom. The highest BCUT2D eigenvalue weighted by molar-refractivity contribution is 6.11. The molecule has 206 valence electrons. The number of nitrogens with zero attached hydrogens (tertiary/aromatic N) is 1. The van der Waals surface area contributed by atoms with Gasteiger partial charge in [-0.25, -0.2) is 0 Å². The average molecular weight is 550 g/mol. The van der Waals surface area contributed by atoms with Gasteiger partial charge in [-0.15, -0.1) is 13.2 Å². The number of Topliss-reactive ketones (excluding diaryl/α,β-unsaturated/α-hetero) is 1. The highest BCUT2D eigenvalue weighted by Gasteiger charge is 2.38. The first-order chi connectivity index (χ1) is 19.3. The van der Waals surface area contributed by atoms with Crippen LogP contribution in [0.15, 0.2) is 66.9 Å². The molecule has 7 nitrogen and oxygen atoms in total. The quantitative estimate of drug-likeness (QED) is 0.225. The summed E-state index contributed by atoms with van der Waals surface area (Å²) in [4.78, 5) is 22.9. The molecule has 2 aromatic heterocycles. The number of halogens is 3. The van der Waals surface area contributed by atoms with Crippen molar-refractivity contribution >= 4 is 27.6 Å². The van der Waals surface area contributed by atoms with Crippen molar-refractivity contribution in [2.75, 3.05) is 20.8 Å². The van der Waals surface area contributed by atoms with Gasteiger partial charge in [-0.05, 0) is 54.4 Å². The Kier molecular flexibility index (Phi) is 6.42. The molecule has 0 bridgehead atoms. The van der Waals surface area contributed by atoms with Gasteiger partial charge in [0.15, 0.2) is 5.78 Å². The second-order valence-corrected chi connectivity index (χ2v) is 9.69. The van der Waals surface area contributed by atoms with E-state index in [4.69, 9.17) is 9.47 Å². The van der Waals surface area contributed by atoms with Crippen LogP contribution in [0.5, 0.6) is 17.2 Å². The molecule has 0 radical (unpaired) electrons. The SMILES string of the molecule is COc1ccc2[nH]cc(C(=O)C3c4[nH]c5ccc(OC)cc5c4CCN3Cc3ccccc3OC(F)(F)F)c2c1. The van der Waals surface area contributed by atoms with Crippen LogP contribution in [-0.4, -0.2) is 47.8 Å². The van der Waals surface area contributed by atoms with Crippen molar-refractivity contribution < 1.29 is 32.2 Å².